The van der Waals surface area contributed by atoms with Crippen LogP contribution in [-0.4, -0.2) is 4.98 Å². The van der Waals surface area contributed by atoms with Gasteiger partial charge in [-0.3, -0.25) is 0 Å². The van der Waals surface area contributed by atoms with Crippen LogP contribution in [0.5, 0.6) is 5.88 Å². The number of nitrogens with zero attached hydrogens (tertiary/aromatic N) is 1. The zero-order valence-electron chi connectivity index (χ0n) is 11.2. The molecule has 0 unspecified atom stereocenters. The van der Waals surface area contributed by atoms with Crippen molar-refractivity contribution >= 4 is 22.4 Å². The fourth-order valence-electron chi connectivity index (χ4n) is 2.16. The summed E-state index contributed by atoms with van der Waals surface area (Å²) in [5.41, 5.74) is 1.23. The molecule has 0 saturated heterocycles. The van der Waals surface area contributed by atoms with Crippen LogP contribution in [0.15, 0.2) is 54.6 Å². The minimum absolute atomic E-state index is 0.134. The molecule has 21 heavy (non-hydrogen) atoms. The highest BCUT2D eigenvalue weighted by molar-refractivity contribution is 6.17. The SMILES string of the molecule is Fc1ccccc1COc1nc(CCl)cc2ccccc12. The Kier molecular flexibility index (Phi) is 4.02. The summed E-state index contributed by atoms with van der Waals surface area (Å²) < 4.78 is 19.3. The van der Waals surface area contributed by atoms with Gasteiger partial charge in [0.2, 0.25) is 5.88 Å². The number of hydrogen-bond donors (Lipinski definition) is 0. The van der Waals surface area contributed by atoms with E-state index in [1.807, 2.05) is 30.3 Å². The maximum atomic E-state index is 13.6. The van der Waals surface area contributed by atoms with Crippen molar-refractivity contribution in [1.29, 1.82) is 0 Å². The van der Waals surface area contributed by atoms with Gasteiger partial charge in [0.25, 0.3) is 0 Å². The van der Waals surface area contributed by atoms with Crippen LogP contribution in [0.3, 0.4) is 0 Å². The van der Waals surface area contributed by atoms with Gasteiger partial charge in [-0.2, -0.15) is 0 Å². The van der Waals surface area contributed by atoms with Gasteiger partial charge in [-0.15, -0.1) is 11.6 Å². The number of fused-ring (bicyclic) bond motifs is 1. The quantitative estimate of drug-likeness (QED) is 0.652. The fourth-order valence-corrected chi connectivity index (χ4v) is 2.30. The second-order valence-electron chi connectivity index (χ2n) is 4.65. The van der Waals surface area contributed by atoms with E-state index >= 15 is 0 Å². The van der Waals surface area contributed by atoms with Gasteiger partial charge in [-0.05, 0) is 23.6 Å². The average molecular weight is 302 g/mol. The molecule has 0 aliphatic carbocycles. The number of pyridine rings is 1. The Morgan fingerprint density at radius 2 is 1.81 bits per heavy atom. The number of ether oxygens (including phenoxy) is 1. The second-order valence-corrected chi connectivity index (χ2v) is 4.92. The largest absolute Gasteiger partial charge is 0.472 e. The summed E-state index contributed by atoms with van der Waals surface area (Å²) in [7, 11) is 0. The summed E-state index contributed by atoms with van der Waals surface area (Å²) in [6.45, 7) is 0.134. The number of rotatable bonds is 4. The van der Waals surface area contributed by atoms with Gasteiger partial charge in [0, 0.05) is 10.9 Å². The molecule has 106 valence electrons. The molecule has 0 fully saturated rings. The van der Waals surface area contributed by atoms with E-state index in [9.17, 15) is 4.39 Å². The number of alkyl halides is 1. The zero-order chi connectivity index (χ0) is 14.7. The predicted octanol–water partition coefficient (Wildman–Crippen LogP) is 4.69. The van der Waals surface area contributed by atoms with Gasteiger partial charge in [0.15, 0.2) is 0 Å². The van der Waals surface area contributed by atoms with E-state index in [2.05, 4.69) is 4.98 Å². The zero-order valence-corrected chi connectivity index (χ0v) is 12.0. The summed E-state index contributed by atoms with van der Waals surface area (Å²) in [4.78, 5) is 4.39. The molecule has 2 aromatic carbocycles. The van der Waals surface area contributed by atoms with E-state index in [4.69, 9.17) is 16.3 Å². The maximum absolute atomic E-state index is 13.6. The fraction of sp³-hybridized carbons (Fsp3) is 0.118. The molecule has 0 atom stereocenters. The molecule has 0 N–H and O–H groups in total. The van der Waals surface area contributed by atoms with Crippen LogP contribution in [0.25, 0.3) is 10.8 Å². The molecule has 0 saturated carbocycles. The molecule has 0 bridgehead atoms. The third kappa shape index (κ3) is 2.98. The van der Waals surface area contributed by atoms with Crippen molar-refractivity contribution in [3.8, 4) is 5.88 Å². The maximum Gasteiger partial charge on any atom is 0.221 e. The lowest BCUT2D eigenvalue weighted by molar-refractivity contribution is 0.291. The Morgan fingerprint density at radius 1 is 1.05 bits per heavy atom. The van der Waals surface area contributed by atoms with Crippen LogP contribution in [0, 0.1) is 5.82 Å². The molecular formula is C17H13ClFNO. The standard InChI is InChI=1S/C17H13ClFNO/c18-10-14-9-12-5-1-3-7-15(12)17(20-14)21-11-13-6-2-4-8-16(13)19/h1-9H,10-11H2. The third-order valence-electron chi connectivity index (χ3n) is 3.22. The van der Waals surface area contributed by atoms with Crippen LogP contribution in [0.1, 0.15) is 11.3 Å². The monoisotopic (exact) mass is 301 g/mol. The smallest absolute Gasteiger partial charge is 0.221 e. The van der Waals surface area contributed by atoms with Gasteiger partial charge >= 0.3 is 0 Å². The first-order chi connectivity index (χ1) is 10.3. The van der Waals surface area contributed by atoms with E-state index in [0.717, 1.165) is 16.5 Å². The average Bonchev–Trinajstić information content (AvgIpc) is 2.53. The topological polar surface area (TPSA) is 22.1 Å². The number of halogens is 2. The van der Waals surface area contributed by atoms with Crippen LogP contribution in [-0.2, 0) is 12.5 Å². The minimum atomic E-state index is -0.282. The van der Waals surface area contributed by atoms with Gasteiger partial charge in [0.05, 0.1) is 11.6 Å². The Labute approximate surface area is 127 Å². The normalized spacial score (nSPS) is 10.8. The van der Waals surface area contributed by atoms with Crippen molar-refractivity contribution in [2.45, 2.75) is 12.5 Å². The van der Waals surface area contributed by atoms with Gasteiger partial charge in [-0.1, -0.05) is 36.4 Å². The molecule has 4 heteroatoms. The molecule has 0 radical (unpaired) electrons. The summed E-state index contributed by atoms with van der Waals surface area (Å²) in [5.74, 6) is 0.503. The van der Waals surface area contributed by atoms with Crippen molar-refractivity contribution in [3.05, 3.63) is 71.7 Å². The summed E-state index contributed by atoms with van der Waals surface area (Å²) >= 11 is 5.86. The Balaban J connectivity index is 1.94. The first-order valence-electron chi connectivity index (χ1n) is 6.59. The Bertz CT molecular complexity index is 776. The van der Waals surface area contributed by atoms with Crippen molar-refractivity contribution in [1.82, 2.24) is 4.98 Å². The first-order valence-corrected chi connectivity index (χ1v) is 7.12. The lowest BCUT2D eigenvalue weighted by atomic mass is 10.1. The second kappa shape index (κ2) is 6.10. The Morgan fingerprint density at radius 3 is 2.62 bits per heavy atom. The van der Waals surface area contributed by atoms with E-state index in [1.165, 1.54) is 6.07 Å². The van der Waals surface area contributed by atoms with Crippen molar-refractivity contribution < 1.29 is 9.13 Å². The van der Waals surface area contributed by atoms with Crippen LogP contribution in [0.2, 0.25) is 0 Å². The predicted molar refractivity (Wildman–Crippen MR) is 82.0 cm³/mol. The Hall–Kier alpha value is -2.13. The highest BCUT2D eigenvalue weighted by atomic mass is 35.5. The van der Waals surface area contributed by atoms with Crippen molar-refractivity contribution in [2.75, 3.05) is 0 Å². The summed E-state index contributed by atoms with van der Waals surface area (Å²) in [5, 5.41) is 1.90. The van der Waals surface area contributed by atoms with Crippen LogP contribution >= 0.6 is 11.6 Å². The molecule has 0 spiro atoms. The third-order valence-corrected chi connectivity index (χ3v) is 3.49. The molecule has 2 nitrogen and oxygen atoms in total. The van der Waals surface area contributed by atoms with E-state index < -0.39 is 0 Å². The highest BCUT2D eigenvalue weighted by Gasteiger charge is 2.08. The van der Waals surface area contributed by atoms with E-state index in [1.54, 1.807) is 18.2 Å². The van der Waals surface area contributed by atoms with Gasteiger partial charge in [0.1, 0.15) is 12.4 Å². The van der Waals surface area contributed by atoms with Crippen LogP contribution in [0.4, 0.5) is 4.39 Å². The molecule has 1 aromatic heterocycles. The number of benzene rings is 2. The molecule has 0 amide bonds. The molecular weight excluding hydrogens is 289 g/mol. The number of aromatic nitrogens is 1. The van der Waals surface area contributed by atoms with E-state index in [-0.39, 0.29) is 12.4 Å². The molecule has 3 aromatic rings. The summed E-state index contributed by atoms with van der Waals surface area (Å²) in [6, 6.07) is 16.2. The molecule has 0 aliphatic heterocycles. The van der Waals surface area contributed by atoms with Gasteiger partial charge < -0.3 is 4.74 Å². The van der Waals surface area contributed by atoms with E-state index in [0.29, 0.717) is 17.3 Å². The minimum Gasteiger partial charge on any atom is -0.472 e. The van der Waals surface area contributed by atoms with Crippen molar-refractivity contribution in [3.63, 3.8) is 0 Å². The number of hydrogen-bond acceptors (Lipinski definition) is 2. The van der Waals surface area contributed by atoms with Crippen molar-refractivity contribution in [2.24, 2.45) is 0 Å². The van der Waals surface area contributed by atoms with Gasteiger partial charge in [-0.25, -0.2) is 9.37 Å². The lowest BCUT2D eigenvalue weighted by Crippen LogP contribution is -2.01. The van der Waals surface area contributed by atoms with Crippen LogP contribution < -0.4 is 4.74 Å². The molecule has 0 aliphatic rings. The molecule has 1 heterocycles. The highest BCUT2D eigenvalue weighted by Crippen LogP contribution is 2.26. The molecule has 3 rings (SSSR count). The summed E-state index contributed by atoms with van der Waals surface area (Å²) in [6.07, 6.45) is 0. The lowest BCUT2D eigenvalue weighted by Gasteiger charge is -2.10. The first kappa shape index (κ1) is 13.8.